The zero-order chi connectivity index (χ0) is 9.31. The summed E-state index contributed by atoms with van der Waals surface area (Å²) in [6.45, 7) is 6.36. The maximum atomic E-state index is 5.61. The molecule has 1 aliphatic carbocycles. The van der Waals surface area contributed by atoms with E-state index < -0.39 is 0 Å². The van der Waals surface area contributed by atoms with Crippen LogP contribution in [0.4, 0.5) is 0 Å². The monoisotopic (exact) mass is 186 g/mol. The summed E-state index contributed by atoms with van der Waals surface area (Å²) in [7, 11) is 0. The second kappa shape index (κ2) is 3.56. The second-order valence-corrected chi connectivity index (χ2v) is 3.80. The molecule has 0 aromatic rings. The van der Waals surface area contributed by atoms with Gasteiger partial charge in [0.15, 0.2) is 6.29 Å². The van der Waals surface area contributed by atoms with Crippen LogP contribution in [0.2, 0.25) is 0 Å². The van der Waals surface area contributed by atoms with Gasteiger partial charge in [0.05, 0.1) is 12.7 Å². The van der Waals surface area contributed by atoms with E-state index in [0.717, 1.165) is 19.8 Å². The van der Waals surface area contributed by atoms with Crippen molar-refractivity contribution in [3.05, 3.63) is 0 Å². The molecule has 1 saturated heterocycles. The van der Waals surface area contributed by atoms with Gasteiger partial charge in [-0.25, -0.2) is 0 Å². The maximum Gasteiger partial charge on any atom is 0.165 e. The Morgan fingerprint density at radius 3 is 2.15 bits per heavy atom. The van der Waals surface area contributed by atoms with Crippen molar-refractivity contribution < 1.29 is 14.2 Å². The maximum absolute atomic E-state index is 5.61. The Kier molecular flexibility index (Phi) is 2.58. The molecule has 76 valence electrons. The van der Waals surface area contributed by atoms with Crippen molar-refractivity contribution in [2.75, 3.05) is 19.8 Å². The summed E-state index contributed by atoms with van der Waals surface area (Å²) in [6.07, 6.45) is 2.77. The minimum absolute atomic E-state index is 0.0324. The highest BCUT2D eigenvalue weighted by atomic mass is 16.7. The Morgan fingerprint density at radius 2 is 1.85 bits per heavy atom. The van der Waals surface area contributed by atoms with Gasteiger partial charge in [0, 0.05) is 18.6 Å². The molecule has 0 radical (unpaired) electrons. The molecule has 0 unspecified atom stereocenters. The van der Waals surface area contributed by atoms with E-state index in [0.29, 0.717) is 6.10 Å². The van der Waals surface area contributed by atoms with Gasteiger partial charge in [-0.15, -0.1) is 0 Å². The molecule has 1 heterocycles. The molecular weight excluding hydrogens is 168 g/mol. The summed E-state index contributed by atoms with van der Waals surface area (Å²) in [6, 6.07) is 0. The standard InChI is InChI=1S/C10H18O3/c1-3-11-9(12-4-2)10(5-6-10)8-7-13-8/h8-9H,3-7H2,1-2H3/t8-/m0/s1. The first-order chi connectivity index (χ1) is 6.33. The fraction of sp³-hybridized carbons (Fsp3) is 1.00. The Bertz CT molecular complexity index is 167. The molecule has 2 rings (SSSR count). The van der Waals surface area contributed by atoms with Crippen LogP contribution in [0.5, 0.6) is 0 Å². The molecule has 1 saturated carbocycles. The summed E-state index contributed by atoms with van der Waals surface area (Å²) in [4.78, 5) is 0. The molecule has 0 aromatic heterocycles. The lowest BCUT2D eigenvalue weighted by molar-refractivity contribution is -0.180. The molecule has 2 fully saturated rings. The number of epoxide rings is 1. The van der Waals surface area contributed by atoms with Crippen molar-refractivity contribution in [3.63, 3.8) is 0 Å². The topological polar surface area (TPSA) is 31.0 Å². The van der Waals surface area contributed by atoms with E-state index in [1.54, 1.807) is 0 Å². The molecule has 0 amide bonds. The molecular formula is C10H18O3. The number of rotatable bonds is 6. The van der Waals surface area contributed by atoms with E-state index in [1.165, 1.54) is 12.8 Å². The van der Waals surface area contributed by atoms with Gasteiger partial charge in [-0.1, -0.05) is 0 Å². The van der Waals surface area contributed by atoms with Gasteiger partial charge < -0.3 is 14.2 Å². The van der Waals surface area contributed by atoms with Gasteiger partial charge in [-0.05, 0) is 26.7 Å². The quantitative estimate of drug-likeness (QED) is 0.466. The normalized spacial score (nSPS) is 29.3. The van der Waals surface area contributed by atoms with Crippen LogP contribution in [0.25, 0.3) is 0 Å². The lowest BCUT2D eigenvalue weighted by Gasteiger charge is -2.24. The molecule has 0 N–H and O–H groups in total. The predicted molar refractivity (Wildman–Crippen MR) is 48.4 cm³/mol. The van der Waals surface area contributed by atoms with Crippen LogP contribution in [-0.2, 0) is 14.2 Å². The Morgan fingerprint density at radius 1 is 1.31 bits per heavy atom. The van der Waals surface area contributed by atoms with Crippen molar-refractivity contribution in [2.24, 2.45) is 5.41 Å². The van der Waals surface area contributed by atoms with Crippen molar-refractivity contribution in [1.82, 2.24) is 0 Å². The first kappa shape index (κ1) is 9.44. The lowest BCUT2D eigenvalue weighted by atomic mass is 10.0. The first-order valence-electron chi connectivity index (χ1n) is 5.18. The highest BCUT2D eigenvalue weighted by Crippen LogP contribution is 2.57. The Balaban J connectivity index is 1.92. The molecule has 13 heavy (non-hydrogen) atoms. The number of hydrogen-bond acceptors (Lipinski definition) is 3. The van der Waals surface area contributed by atoms with Gasteiger partial charge in [0.2, 0.25) is 0 Å². The molecule has 0 aromatic carbocycles. The van der Waals surface area contributed by atoms with Crippen LogP contribution in [-0.4, -0.2) is 32.2 Å². The second-order valence-electron chi connectivity index (χ2n) is 3.80. The van der Waals surface area contributed by atoms with Gasteiger partial charge in [0.1, 0.15) is 0 Å². The Labute approximate surface area is 79.4 Å². The van der Waals surface area contributed by atoms with Crippen molar-refractivity contribution >= 4 is 0 Å². The molecule has 0 bridgehead atoms. The van der Waals surface area contributed by atoms with Crippen LogP contribution in [0.15, 0.2) is 0 Å². The lowest BCUT2D eigenvalue weighted by Crippen LogP contribution is -2.32. The number of ether oxygens (including phenoxy) is 3. The zero-order valence-electron chi connectivity index (χ0n) is 8.41. The average Bonchev–Trinajstić information content (AvgIpc) is 2.97. The van der Waals surface area contributed by atoms with Crippen LogP contribution in [0, 0.1) is 5.41 Å². The van der Waals surface area contributed by atoms with Gasteiger partial charge in [-0.3, -0.25) is 0 Å². The average molecular weight is 186 g/mol. The first-order valence-corrected chi connectivity index (χ1v) is 5.18. The van der Waals surface area contributed by atoms with Gasteiger partial charge in [-0.2, -0.15) is 0 Å². The van der Waals surface area contributed by atoms with E-state index >= 15 is 0 Å². The fourth-order valence-electron chi connectivity index (χ4n) is 1.92. The highest BCUT2D eigenvalue weighted by Gasteiger charge is 2.61. The summed E-state index contributed by atoms with van der Waals surface area (Å²) in [5.74, 6) is 0. The molecule has 1 atom stereocenters. The molecule has 3 heteroatoms. The van der Waals surface area contributed by atoms with E-state index in [1.807, 2.05) is 13.8 Å². The molecule has 3 nitrogen and oxygen atoms in total. The minimum Gasteiger partial charge on any atom is -0.372 e. The molecule has 1 aliphatic heterocycles. The van der Waals surface area contributed by atoms with Crippen LogP contribution in [0.3, 0.4) is 0 Å². The van der Waals surface area contributed by atoms with E-state index in [9.17, 15) is 0 Å². The zero-order valence-corrected chi connectivity index (χ0v) is 8.41. The highest BCUT2D eigenvalue weighted by molar-refractivity contribution is 5.06. The molecule has 0 spiro atoms. The van der Waals surface area contributed by atoms with Crippen LogP contribution >= 0.6 is 0 Å². The number of hydrogen-bond donors (Lipinski definition) is 0. The van der Waals surface area contributed by atoms with Crippen molar-refractivity contribution in [1.29, 1.82) is 0 Å². The van der Waals surface area contributed by atoms with Crippen LogP contribution < -0.4 is 0 Å². The van der Waals surface area contributed by atoms with E-state index in [-0.39, 0.29) is 11.7 Å². The smallest absolute Gasteiger partial charge is 0.165 e. The van der Waals surface area contributed by atoms with Crippen molar-refractivity contribution in [3.8, 4) is 0 Å². The summed E-state index contributed by atoms with van der Waals surface area (Å²) < 4.78 is 16.6. The SMILES string of the molecule is CCOC(OCC)C1([C@@H]2CO2)CC1. The molecule has 2 aliphatic rings. The summed E-state index contributed by atoms with van der Waals surface area (Å²) >= 11 is 0. The van der Waals surface area contributed by atoms with Crippen LogP contribution in [0.1, 0.15) is 26.7 Å². The van der Waals surface area contributed by atoms with Gasteiger partial charge in [0.25, 0.3) is 0 Å². The minimum atomic E-state index is -0.0324. The van der Waals surface area contributed by atoms with E-state index in [2.05, 4.69) is 0 Å². The summed E-state index contributed by atoms with van der Waals surface area (Å²) in [5.41, 5.74) is 0.214. The predicted octanol–water partition coefficient (Wildman–Crippen LogP) is 1.56. The third-order valence-corrected chi connectivity index (χ3v) is 2.91. The largest absolute Gasteiger partial charge is 0.372 e. The third kappa shape index (κ3) is 1.73. The van der Waals surface area contributed by atoms with Gasteiger partial charge >= 0.3 is 0 Å². The Hall–Kier alpha value is -0.120. The van der Waals surface area contributed by atoms with Crippen molar-refractivity contribution in [2.45, 2.75) is 39.1 Å². The third-order valence-electron chi connectivity index (χ3n) is 2.91. The fourth-order valence-corrected chi connectivity index (χ4v) is 1.92. The summed E-state index contributed by atoms with van der Waals surface area (Å²) in [5, 5.41) is 0. The van der Waals surface area contributed by atoms with E-state index in [4.69, 9.17) is 14.2 Å².